The van der Waals surface area contributed by atoms with Crippen LogP contribution in [0.25, 0.3) is 11.1 Å². The second-order valence-corrected chi connectivity index (χ2v) is 10.2. The van der Waals surface area contributed by atoms with Crippen LogP contribution < -0.4 is 10.1 Å². The van der Waals surface area contributed by atoms with Crippen molar-refractivity contribution in [3.8, 4) is 16.9 Å². The molecule has 188 valence electrons. The van der Waals surface area contributed by atoms with Gasteiger partial charge >= 0.3 is 12.1 Å². The number of hydrogen-bond acceptors (Lipinski definition) is 7. The highest BCUT2D eigenvalue weighted by atomic mass is 35.5. The molecule has 1 amide bonds. The number of hydrogen-bond donors (Lipinski definition) is 2. The molecule has 0 saturated carbocycles. The first-order valence-corrected chi connectivity index (χ1v) is 11.4. The zero-order chi connectivity index (χ0) is 25.5. The van der Waals surface area contributed by atoms with Crippen LogP contribution in [0, 0.1) is 0 Å². The zero-order valence-corrected chi connectivity index (χ0v) is 21.3. The van der Waals surface area contributed by atoms with Crippen LogP contribution in [0.4, 0.5) is 4.79 Å². The number of nitrogens with one attached hydrogen (secondary N) is 1. The van der Waals surface area contributed by atoms with Gasteiger partial charge in [-0.3, -0.25) is 4.68 Å². The quantitative estimate of drug-likeness (QED) is 0.396. The Balaban J connectivity index is 1.86. The summed E-state index contributed by atoms with van der Waals surface area (Å²) in [4.78, 5) is 23.5. The number of carbonyl (C=O) groups excluding carboxylic acids is 2. The van der Waals surface area contributed by atoms with Crippen LogP contribution in [-0.2, 0) is 20.8 Å². The Morgan fingerprint density at radius 1 is 1.15 bits per heavy atom. The topological polar surface area (TPSA) is 112 Å². The number of rotatable bonds is 9. The SMILES string of the molecule is CC(C)(C)OC(=O)NCCCn1cc(-c2ccc(OC[C@@H](O)C(=O)OC(C)(C)C)cc2Cl)cn1. The van der Waals surface area contributed by atoms with Gasteiger partial charge in [-0.25, -0.2) is 9.59 Å². The summed E-state index contributed by atoms with van der Waals surface area (Å²) in [7, 11) is 0. The first kappa shape index (κ1) is 27.5. The van der Waals surface area contributed by atoms with Crippen molar-refractivity contribution >= 4 is 23.7 Å². The Kier molecular flexibility index (Phi) is 9.35. The largest absolute Gasteiger partial charge is 0.490 e. The minimum atomic E-state index is -1.40. The van der Waals surface area contributed by atoms with Crippen molar-refractivity contribution in [2.24, 2.45) is 0 Å². The summed E-state index contributed by atoms with van der Waals surface area (Å²) in [5.41, 5.74) is 0.367. The van der Waals surface area contributed by atoms with Gasteiger partial charge in [-0.1, -0.05) is 11.6 Å². The van der Waals surface area contributed by atoms with Gasteiger partial charge in [0.2, 0.25) is 0 Å². The van der Waals surface area contributed by atoms with Crippen LogP contribution in [0.3, 0.4) is 0 Å². The number of aliphatic hydroxyl groups excluding tert-OH is 1. The number of aryl methyl sites for hydroxylation is 1. The van der Waals surface area contributed by atoms with Crippen molar-refractivity contribution in [3.05, 3.63) is 35.6 Å². The third-order valence-electron chi connectivity index (χ3n) is 4.20. The maximum absolute atomic E-state index is 11.9. The van der Waals surface area contributed by atoms with E-state index in [4.69, 9.17) is 25.8 Å². The summed E-state index contributed by atoms with van der Waals surface area (Å²) in [5.74, 6) is -0.333. The minimum absolute atomic E-state index is 0.250. The van der Waals surface area contributed by atoms with E-state index in [1.165, 1.54) is 0 Å². The number of alkyl carbamates (subject to hydrolysis) is 1. The standard InChI is InChI=1S/C24H34ClN3O6/c1-23(2,3)33-21(30)20(29)15-32-17-8-9-18(19(25)12-17)16-13-27-28(14-16)11-7-10-26-22(31)34-24(4,5)6/h8-9,12-14,20,29H,7,10-11,15H2,1-6H3,(H,26,31)/t20-/m1/s1. The van der Waals surface area contributed by atoms with Crippen molar-refractivity contribution in [2.45, 2.75) is 71.8 Å². The number of ether oxygens (including phenoxy) is 3. The first-order valence-electron chi connectivity index (χ1n) is 11.1. The van der Waals surface area contributed by atoms with E-state index in [9.17, 15) is 14.7 Å². The fourth-order valence-electron chi connectivity index (χ4n) is 2.80. The second-order valence-electron chi connectivity index (χ2n) is 9.78. The summed E-state index contributed by atoms with van der Waals surface area (Å²) in [6.45, 7) is 11.4. The number of halogens is 1. The molecule has 0 bridgehead atoms. The van der Waals surface area contributed by atoms with Crippen molar-refractivity contribution in [2.75, 3.05) is 13.2 Å². The summed E-state index contributed by atoms with van der Waals surface area (Å²) in [6, 6.07) is 5.09. The summed E-state index contributed by atoms with van der Waals surface area (Å²) in [5, 5.41) is 17.4. The van der Waals surface area contributed by atoms with E-state index < -0.39 is 29.4 Å². The molecule has 0 unspecified atom stereocenters. The zero-order valence-electron chi connectivity index (χ0n) is 20.6. The van der Waals surface area contributed by atoms with Crippen LogP contribution in [0.1, 0.15) is 48.0 Å². The Labute approximate surface area is 205 Å². The molecule has 0 fully saturated rings. The maximum atomic E-state index is 11.9. The molecule has 1 aromatic heterocycles. The number of aromatic nitrogens is 2. The highest BCUT2D eigenvalue weighted by Crippen LogP contribution is 2.31. The highest BCUT2D eigenvalue weighted by Gasteiger charge is 2.24. The van der Waals surface area contributed by atoms with Gasteiger partial charge in [0.25, 0.3) is 0 Å². The van der Waals surface area contributed by atoms with Crippen molar-refractivity contribution < 1.29 is 28.9 Å². The summed E-state index contributed by atoms with van der Waals surface area (Å²) in [6.07, 6.45) is 2.40. The van der Waals surface area contributed by atoms with Gasteiger partial charge in [0.15, 0.2) is 6.10 Å². The number of benzene rings is 1. The number of carbonyl (C=O) groups is 2. The van der Waals surface area contributed by atoms with Crippen LogP contribution in [0.2, 0.25) is 5.02 Å². The monoisotopic (exact) mass is 495 g/mol. The average Bonchev–Trinajstić information content (AvgIpc) is 3.15. The number of amides is 1. The van der Waals surface area contributed by atoms with E-state index in [1.807, 2.05) is 27.0 Å². The Hall–Kier alpha value is -2.78. The minimum Gasteiger partial charge on any atom is -0.490 e. The lowest BCUT2D eigenvalue weighted by molar-refractivity contribution is -0.166. The van der Waals surface area contributed by atoms with Crippen molar-refractivity contribution in [1.82, 2.24) is 15.1 Å². The summed E-state index contributed by atoms with van der Waals surface area (Å²) >= 11 is 6.42. The molecule has 0 aliphatic carbocycles. The molecule has 2 aromatic rings. The average molecular weight is 496 g/mol. The summed E-state index contributed by atoms with van der Waals surface area (Å²) < 4.78 is 17.6. The number of aliphatic hydroxyl groups is 1. The molecule has 0 saturated heterocycles. The lowest BCUT2D eigenvalue weighted by atomic mass is 10.1. The fraction of sp³-hybridized carbons (Fsp3) is 0.542. The predicted molar refractivity (Wildman–Crippen MR) is 129 cm³/mol. The highest BCUT2D eigenvalue weighted by molar-refractivity contribution is 6.33. The Bertz CT molecular complexity index is 978. The molecule has 2 rings (SSSR count). The van der Waals surface area contributed by atoms with Crippen LogP contribution in [-0.4, -0.2) is 57.4 Å². The van der Waals surface area contributed by atoms with E-state index in [0.717, 1.165) is 11.1 Å². The van der Waals surface area contributed by atoms with Crippen LogP contribution in [0.15, 0.2) is 30.6 Å². The van der Waals surface area contributed by atoms with Gasteiger partial charge in [0, 0.05) is 30.4 Å². The fourth-order valence-corrected chi connectivity index (χ4v) is 3.08. The number of nitrogens with zero attached hydrogens (tertiary/aromatic N) is 2. The molecular formula is C24H34ClN3O6. The number of esters is 1. The lowest BCUT2D eigenvalue weighted by Gasteiger charge is -2.21. The van der Waals surface area contributed by atoms with Gasteiger partial charge in [-0.2, -0.15) is 5.10 Å². The van der Waals surface area contributed by atoms with E-state index in [0.29, 0.717) is 30.3 Å². The molecular weight excluding hydrogens is 462 g/mol. The van der Waals surface area contributed by atoms with Gasteiger partial charge in [0.1, 0.15) is 23.6 Å². The van der Waals surface area contributed by atoms with E-state index in [-0.39, 0.29) is 6.61 Å². The molecule has 1 atom stereocenters. The third-order valence-corrected chi connectivity index (χ3v) is 4.52. The smallest absolute Gasteiger partial charge is 0.407 e. The second kappa shape index (κ2) is 11.6. The maximum Gasteiger partial charge on any atom is 0.407 e. The van der Waals surface area contributed by atoms with E-state index in [2.05, 4.69) is 10.4 Å². The molecule has 1 aromatic carbocycles. The third kappa shape index (κ3) is 9.61. The normalized spacial score (nSPS) is 12.7. The van der Waals surface area contributed by atoms with E-state index in [1.54, 1.807) is 49.8 Å². The molecule has 0 spiro atoms. The lowest BCUT2D eigenvalue weighted by Crippen LogP contribution is -2.35. The Morgan fingerprint density at radius 3 is 2.44 bits per heavy atom. The molecule has 0 radical (unpaired) electrons. The van der Waals surface area contributed by atoms with Crippen molar-refractivity contribution in [3.63, 3.8) is 0 Å². The molecule has 1 heterocycles. The van der Waals surface area contributed by atoms with Gasteiger partial charge in [-0.05, 0) is 66.2 Å². The van der Waals surface area contributed by atoms with Crippen LogP contribution >= 0.6 is 11.6 Å². The first-order chi connectivity index (χ1) is 15.7. The van der Waals surface area contributed by atoms with Gasteiger partial charge in [-0.15, -0.1) is 0 Å². The molecule has 0 aliphatic rings. The molecule has 34 heavy (non-hydrogen) atoms. The van der Waals surface area contributed by atoms with Crippen LogP contribution in [0.5, 0.6) is 5.75 Å². The molecule has 2 N–H and O–H groups in total. The predicted octanol–water partition coefficient (Wildman–Crippen LogP) is 4.20. The molecule has 0 aliphatic heterocycles. The molecule has 9 nitrogen and oxygen atoms in total. The van der Waals surface area contributed by atoms with E-state index >= 15 is 0 Å². The Morgan fingerprint density at radius 2 is 1.82 bits per heavy atom. The van der Waals surface area contributed by atoms with Gasteiger partial charge < -0.3 is 24.6 Å². The molecule has 10 heteroatoms. The van der Waals surface area contributed by atoms with Crippen molar-refractivity contribution in [1.29, 1.82) is 0 Å². The van der Waals surface area contributed by atoms with Gasteiger partial charge in [0.05, 0.1) is 11.2 Å².